The van der Waals surface area contributed by atoms with Crippen LogP contribution in [0.1, 0.15) is 13.8 Å². The SMILES string of the molecule is CN1C(=O)N(C(Cl)Br)C(C)(C)C1=O. The van der Waals surface area contributed by atoms with Crippen molar-refractivity contribution in [3.63, 3.8) is 0 Å². The quantitative estimate of drug-likeness (QED) is 0.412. The first-order valence-electron chi connectivity index (χ1n) is 3.69. The monoisotopic (exact) mass is 268 g/mol. The Morgan fingerprint density at radius 3 is 2.08 bits per heavy atom. The van der Waals surface area contributed by atoms with Crippen molar-refractivity contribution in [2.24, 2.45) is 0 Å². The number of carbonyl (C=O) groups is 2. The van der Waals surface area contributed by atoms with Crippen LogP contribution in [0.2, 0.25) is 0 Å². The van der Waals surface area contributed by atoms with Gasteiger partial charge in [0.2, 0.25) is 0 Å². The highest BCUT2D eigenvalue weighted by Crippen LogP contribution is 2.32. The summed E-state index contributed by atoms with van der Waals surface area (Å²) in [5.41, 5.74) is -0.873. The number of alkyl halides is 2. The number of halogens is 2. The molecule has 4 nitrogen and oxygen atoms in total. The number of imide groups is 1. The zero-order chi connectivity index (χ0) is 10.4. The molecule has 0 bridgehead atoms. The predicted molar refractivity (Wildman–Crippen MR) is 52.7 cm³/mol. The third-order valence-corrected chi connectivity index (χ3v) is 2.72. The Kier molecular flexibility index (Phi) is 2.60. The summed E-state index contributed by atoms with van der Waals surface area (Å²) in [7, 11) is 1.44. The number of likely N-dealkylation sites (N-methyl/N-ethyl adjacent to an activating group) is 1. The molecule has 1 fully saturated rings. The van der Waals surface area contributed by atoms with E-state index in [1.165, 1.54) is 11.9 Å². The van der Waals surface area contributed by atoms with Crippen molar-refractivity contribution in [3.8, 4) is 0 Å². The van der Waals surface area contributed by atoms with Gasteiger partial charge in [-0.1, -0.05) is 11.6 Å². The van der Waals surface area contributed by atoms with Crippen LogP contribution < -0.4 is 0 Å². The van der Waals surface area contributed by atoms with E-state index in [1.54, 1.807) is 13.8 Å². The molecule has 0 aliphatic carbocycles. The first kappa shape index (κ1) is 10.8. The molecule has 1 unspecified atom stereocenters. The number of hydrogen-bond donors (Lipinski definition) is 0. The maximum atomic E-state index is 11.5. The predicted octanol–water partition coefficient (Wildman–Crippen LogP) is 1.58. The number of rotatable bonds is 1. The summed E-state index contributed by atoms with van der Waals surface area (Å²) >= 11 is 8.80. The standard InChI is InChI=1S/C7H10BrClN2O2/c1-7(2)4(12)10(3)6(13)11(7)5(8)9/h5H,1-3H3. The molecule has 74 valence electrons. The van der Waals surface area contributed by atoms with Crippen LogP contribution in [-0.2, 0) is 4.79 Å². The van der Waals surface area contributed by atoms with E-state index in [0.29, 0.717) is 0 Å². The van der Waals surface area contributed by atoms with Gasteiger partial charge in [0.1, 0.15) is 5.54 Å². The first-order chi connectivity index (χ1) is 5.80. The average molecular weight is 270 g/mol. The minimum Gasteiger partial charge on any atom is -0.284 e. The van der Waals surface area contributed by atoms with Gasteiger partial charge in [-0.05, 0) is 29.8 Å². The molecule has 1 saturated heterocycles. The van der Waals surface area contributed by atoms with Crippen LogP contribution in [0.15, 0.2) is 0 Å². The van der Waals surface area contributed by atoms with Gasteiger partial charge >= 0.3 is 6.03 Å². The number of nitrogens with zero attached hydrogens (tertiary/aromatic N) is 2. The van der Waals surface area contributed by atoms with Gasteiger partial charge in [-0.25, -0.2) is 4.79 Å². The van der Waals surface area contributed by atoms with E-state index in [9.17, 15) is 9.59 Å². The van der Waals surface area contributed by atoms with Gasteiger partial charge in [0.15, 0.2) is 4.41 Å². The molecule has 0 saturated carbocycles. The maximum absolute atomic E-state index is 11.5. The zero-order valence-electron chi connectivity index (χ0n) is 7.54. The largest absolute Gasteiger partial charge is 0.329 e. The lowest BCUT2D eigenvalue weighted by molar-refractivity contribution is -0.130. The molecule has 0 aromatic heterocycles. The fourth-order valence-corrected chi connectivity index (χ4v) is 2.34. The number of amides is 3. The lowest BCUT2D eigenvalue weighted by atomic mass is 10.1. The Hall–Kier alpha value is -0.290. The highest BCUT2D eigenvalue weighted by atomic mass is 79.9. The second kappa shape index (κ2) is 3.13. The van der Waals surface area contributed by atoms with Gasteiger partial charge < -0.3 is 0 Å². The first-order valence-corrected chi connectivity index (χ1v) is 5.05. The number of urea groups is 1. The molecule has 1 aliphatic heterocycles. The summed E-state index contributed by atoms with van der Waals surface area (Å²) in [6.45, 7) is 3.32. The van der Waals surface area contributed by atoms with Crippen molar-refractivity contribution >= 4 is 39.5 Å². The van der Waals surface area contributed by atoms with E-state index >= 15 is 0 Å². The zero-order valence-corrected chi connectivity index (χ0v) is 9.89. The van der Waals surface area contributed by atoms with Crippen LogP contribution in [0.4, 0.5) is 4.79 Å². The molecule has 3 amide bonds. The molecule has 0 N–H and O–H groups in total. The molecule has 1 aliphatic rings. The molecule has 1 heterocycles. The molecule has 0 aromatic carbocycles. The average Bonchev–Trinajstić information content (AvgIpc) is 2.12. The van der Waals surface area contributed by atoms with Gasteiger partial charge in [0.25, 0.3) is 5.91 Å². The molecule has 13 heavy (non-hydrogen) atoms. The van der Waals surface area contributed by atoms with Crippen LogP contribution in [0.3, 0.4) is 0 Å². The van der Waals surface area contributed by atoms with Gasteiger partial charge in [-0.15, -0.1) is 0 Å². The van der Waals surface area contributed by atoms with E-state index in [2.05, 4.69) is 15.9 Å². The summed E-state index contributed by atoms with van der Waals surface area (Å²) in [4.78, 5) is 25.4. The second-order valence-corrected chi connectivity index (χ2v) is 5.16. The molecule has 0 aromatic rings. The third-order valence-electron chi connectivity index (χ3n) is 2.12. The molecule has 1 atom stereocenters. The van der Waals surface area contributed by atoms with Crippen LogP contribution in [0.25, 0.3) is 0 Å². The van der Waals surface area contributed by atoms with E-state index in [4.69, 9.17) is 11.6 Å². The van der Waals surface area contributed by atoms with Gasteiger partial charge in [-0.2, -0.15) is 0 Å². The Bertz CT molecular complexity index is 267. The Balaban J connectivity index is 3.10. The fourth-order valence-electron chi connectivity index (χ4n) is 1.33. The molecule has 6 heteroatoms. The van der Waals surface area contributed by atoms with Crippen LogP contribution in [-0.4, -0.2) is 38.7 Å². The van der Waals surface area contributed by atoms with E-state index < -0.39 is 9.95 Å². The Morgan fingerprint density at radius 2 is 1.92 bits per heavy atom. The van der Waals surface area contributed by atoms with Gasteiger partial charge in [0, 0.05) is 7.05 Å². The van der Waals surface area contributed by atoms with E-state index in [0.717, 1.165) is 4.90 Å². The fraction of sp³-hybridized carbons (Fsp3) is 0.714. The molecule has 1 rings (SSSR count). The lowest BCUT2D eigenvalue weighted by Crippen LogP contribution is -2.46. The molecular weight excluding hydrogens is 259 g/mol. The minimum absolute atomic E-state index is 0.248. The number of hydrogen-bond acceptors (Lipinski definition) is 2. The second-order valence-electron chi connectivity index (χ2n) is 3.35. The van der Waals surface area contributed by atoms with Crippen molar-refractivity contribution in [2.45, 2.75) is 23.8 Å². The third kappa shape index (κ3) is 1.44. The number of carbonyl (C=O) groups excluding carboxylic acids is 2. The Morgan fingerprint density at radius 1 is 1.46 bits per heavy atom. The van der Waals surface area contributed by atoms with E-state index in [1.807, 2.05) is 0 Å². The maximum Gasteiger partial charge on any atom is 0.329 e. The summed E-state index contributed by atoms with van der Waals surface area (Å²) in [5, 5.41) is 0. The van der Waals surface area contributed by atoms with Gasteiger partial charge in [-0.3, -0.25) is 14.6 Å². The van der Waals surface area contributed by atoms with E-state index in [-0.39, 0.29) is 11.9 Å². The Labute approximate surface area is 89.9 Å². The van der Waals surface area contributed by atoms with Crippen molar-refractivity contribution in [1.29, 1.82) is 0 Å². The smallest absolute Gasteiger partial charge is 0.284 e. The topological polar surface area (TPSA) is 40.6 Å². The highest BCUT2D eigenvalue weighted by molar-refractivity contribution is 9.10. The lowest BCUT2D eigenvalue weighted by Gasteiger charge is -2.28. The normalized spacial score (nSPS) is 24.1. The molecular formula is C7H10BrClN2O2. The van der Waals surface area contributed by atoms with Crippen LogP contribution in [0, 0.1) is 0 Å². The van der Waals surface area contributed by atoms with Crippen LogP contribution in [0.5, 0.6) is 0 Å². The van der Waals surface area contributed by atoms with Crippen LogP contribution >= 0.6 is 27.5 Å². The highest BCUT2D eigenvalue weighted by Gasteiger charge is 2.51. The van der Waals surface area contributed by atoms with Gasteiger partial charge in [0.05, 0.1) is 0 Å². The summed E-state index contributed by atoms with van der Waals surface area (Å²) in [6, 6.07) is -0.383. The molecule has 0 spiro atoms. The van der Waals surface area contributed by atoms with Crippen molar-refractivity contribution < 1.29 is 9.59 Å². The minimum atomic E-state index is -0.873. The van der Waals surface area contributed by atoms with Crippen molar-refractivity contribution in [1.82, 2.24) is 9.80 Å². The van der Waals surface area contributed by atoms with Crippen molar-refractivity contribution in [2.75, 3.05) is 7.05 Å². The summed E-state index contributed by atoms with van der Waals surface area (Å²) in [6.07, 6.45) is 0. The van der Waals surface area contributed by atoms with Crippen molar-refractivity contribution in [3.05, 3.63) is 0 Å². The summed E-state index contributed by atoms with van der Waals surface area (Å²) < 4.78 is -0.663. The molecule has 0 radical (unpaired) electrons. The summed E-state index contributed by atoms with van der Waals surface area (Å²) in [5.74, 6) is -0.248.